The quantitative estimate of drug-likeness (QED) is 0.751. The smallest absolute Gasteiger partial charge is 0.0760 e. The van der Waals surface area contributed by atoms with Crippen LogP contribution in [0.1, 0.15) is 54.4 Å². The maximum absolute atomic E-state index is 9.64. The second-order valence-corrected chi connectivity index (χ2v) is 7.73. The number of hydrogen-bond acceptors (Lipinski definition) is 4. The minimum Gasteiger partial charge on any atom is -0.394 e. The van der Waals surface area contributed by atoms with Crippen LogP contribution in [-0.4, -0.2) is 59.5 Å². The van der Waals surface area contributed by atoms with Crippen molar-refractivity contribution in [2.24, 2.45) is 0 Å². The first-order chi connectivity index (χ1) is 9.11. The van der Waals surface area contributed by atoms with Gasteiger partial charge in [-0.25, -0.2) is 0 Å². The Morgan fingerprint density at radius 2 is 1.75 bits per heavy atom. The van der Waals surface area contributed by atoms with Crippen LogP contribution in [0, 0.1) is 0 Å². The summed E-state index contributed by atoms with van der Waals surface area (Å²) in [6.07, 6.45) is 2.04. The first kappa shape index (κ1) is 17.9. The Kier molecular flexibility index (Phi) is 6.02. The Morgan fingerprint density at radius 1 is 1.20 bits per heavy atom. The average Bonchev–Trinajstić information content (AvgIpc) is 2.30. The zero-order valence-corrected chi connectivity index (χ0v) is 14.3. The van der Waals surface area contributed by atoms with E-state index in [1.807, 2.05) is 0 Å². The molecule has 0 aliphatic carbocycles. The van der Waals surface area contributed by atoms with Gasteiger partial charge in [-0.2, -0.15) is 0 Å². The number of rotatable bonds is 7. The molecule has 0 saturated carbocycles. The molecular weight excluding hydrogens is 252 g/mol. The summed E-state index contributed by atoms with van der Waals surface area (Å²) in [6, 6.07) is 0. The third-order valence-electron chi connectivity index (χ3n) is 3.89. The molecule has 1 aliphatic rings. The van der Waals surface area contributed by atoms with Crippen LogP contribution in [0.5, 0.6) is 0 Å². The molecule has 1 rings (SSSR count). The fourth-order valence-electron chi connectivity index (χ4n) is 3.16. The van der Waals surface area contributed by atoms with Crippen molar-refractivity contribution in [3.8, 4) is 0 Å². The van der Waals surface area contributed by atoms with Gasteiger partial charge >= 0.3 is 0 Å². The summed E-state index contributed by atoms with van der Waals surface area (Å²) in [5.41, 5.74) is -0.384. The Bertz CT molecular complexity index is 289. The predicted molar refractivity (Wildman–Crippen MR) is 84.1 cm³/mol. The van der Waals surface area contributed by atoms with Crippen molar-refractivity contribution in [2.45, 2.75) is 71.1 Å². The summed E-state index contributed by atoms with van der Waals surface area (Å²) in [7, 11) is 0. The lowest BCUT2D eigenvalue weighted by Crippen LogP contribution is -2.58. The minimum absolute atomic E-state index is 0.103. The number of nitrogens with zero attached hydrogens (tertiary/aromatic N) is 1. The summed E-state index contributed by atoms with van der Waals surface area (Å²) in [6.45, 7) is 16.9. The van der Waals surface area contributed by atoms with Crippen molar-refractivity contribution in [2.75, 3.05) is 32.8 Å². The zero-order valence-electron chi connectivity index (χ0n) is 14.3. The first-order valence-electron chi connectivity index (χ1n) is 7.90. The fraction of sp³-hybridized carbons (Fsp3) is 1.00. The van der Waals surface area contributed by atoms with Crippen LogP contribution in [0.2, 0.25) is 0 Å². The van der Waals surface area contributed by atoms with Crippen LogP contribution in [0.4, 0.5) is 0 Å². The Balaban J connectivity index is 2.55. The minimum atomic E-state index is -0.178. The lowest BCUT2D eigenvalue weighted by Gasteiger charge is -2.48. The highest BCUT2D eigenvalue weighted by Gasteiger charge is 2.38. The van der Waals surface area contributed by atoms with Crippen LogP contribution in [0.25, 0.3) is 0 Å². The lowest BCUT2D eigenvalue weighted by molar-refractivity contribution is -0.181. The van der Waals surface area contributed by atoms with E-state index in [2.05, 4.69) is 51.8 Å². The van der Waals surface area contributed by atoms with Crippen molar-refractivity contribution in [3.63, 3.8) is 0 Å². The van der Waals surface area contributed by atoms with Crippen LogP contribution in [0.15, 0.2) is 0 Å². The summed E-state index contributed by atoms with van der Waals surface area (Å²) >= 11 is 0. The van der Waals surface area contributed by atoms with Crippen molar-refractivity contribution >= 4 is 0 Å². The molecule has 1 aliphatic heterocycles. The van der Waals surface area contributed by atoms with Gasteiger partial charge in [-0.3, -0.25) is 4.90 Å². The Morgan fingerprint density at radius 3 is 2.20 bits per heavy atom. The number of hydrogen-bond donors (Lipinski definition) is 2. The molecule has 1 atom stereocenters. The molecule has 2 N–H and O–H groups in total. The normalized spacial score (nSPS) is 25.4. The lowest BCUT2D eigenvalue weighted by atomic mass is 9.95. The molecular formula is C16H34N2O2. The summed E-state index contributed by atoms with van der Waals surface area (Å²) in [5, 5.41) is 13.1. The van der Waals surface area contributed by atoms with Crippen LogP contribution >= 0.6 is 0 Å². The van der Waals surface area contributed by atoms with E-state index in [1.54, 1.807) is 0 Å². The van der Waals surface area contributed by atoms with E-state index < -0.39 is 0 Å². The van der Waals surface area contributed by atoms with Crippen LogP contribution in [0.3, 0.4) is 0 Å². The number of ether oxygens (including phenoxy) is 1. The number of aliphatic hydroxyl groups is 1. The highest BCUT2D eigenvalue weighted by atomic mass is 16.5. The van der Waals surface area contributed by atoms with Gasteiger partial charge in [0.2, 0.25) is 0 Å². The SMILES string of the molecule is CCCNC(C)(CO)CCN1CC(C)(C)OC(C)(C)C1. The molecule has 0 radical (unpaired) electrons. The largest absolute Gasteiger partial charge is 0.394 e. The molecule has 1 unspecified atom stereocenters. The number of aliphatic hydroxyl groups excluding tert-OH is 1. The highest BCUT2D eigenvalue weighted by molar-refractivity contribution is 4.91. The Hall–Kier alpha value is -0.160. The van der Waals surface area contributed by atoms with Crippen molar-refractivity contribution in [3.05, 3.63) is 0 Å². The molecule has 0 aromatic heterocycles. The standard InChI is InChI=1S/C16H34N2O2/c1-7-9-17-16(6,13-19)8-10-18-11-14(2,3)20-15(4,5)12-18/h17,19H,7-13H2,1-6H3. The number of morpholine rings is 1. The van der Waals surface area contributed by atoms with Crippen molar-refractivity contribution in [1.29, 1.82) is 0 Å². The van der Waals surface area contributed by atoms with E-state index in [0.29, 0.717) is 0 Å². The maximum atomic E-state index is 9.64. The zero-order chi connectivity index (χ0) is 15.4. The predicted octanol–water partition coefficient (Wildman–Crippen LogP) is 2.02. The maximum Gasteiger partial charge on any atom is 0.0760 e. The molecule has 1 saturated heterocycles. The van der Waals surface area contributed by atoms with Gasteiger partial charge in [0.1, 0.15) is 0 Å². The third kappa shape index (κ3) is 5.68. The molecule has 1 heterocycles. The van der Waals surface area contributed by atoms with E-state index in [1.165, 1.54) is 0 Å². The third-order valence-corrected chi connectivity index (χ3v) is 3.89. The van der Waals surface area contributed by atoms with E-state index >= 15 is 0 Å². The van der Waals surface area contributed by atoms with E-state index in [-0.39, 0.29) is 23.3 Å². The highest BCUT2D eigenvalue weighted by Crippen LogP contribution is 2.28. The second kappa shape index (κ2) is 6.73. The van der Waals surface area contributed by atoms with Gasteiger partial charge < -0.3 is 15.2 Å². The molecule has 0 spiro atoms. The number of nitrogens with one attached hydrogen (secondary N) is 1. The summed E-state index contributed by atoms with van der Waals surface area (Å²) in [5.74, 6) is 0. The molecule has 4 nitrogen and oxygen atoms in total. The van der Waals surface area contributed by atoms with Crippen LogP contribution < -0.4 is 5.32 Å². The fourth-order valence-corrected chi connectivity index (χ4v) is 3.16. The summed E-state index contributed by atoms with van der Waals surface area (Å²) in [4.78, 5) is 2.46. The molecule has 0 bridgehead atoms. The van der Waals surface area contributed by atoms with E-state index in [4.69, 9.17) is 4.74 Å². The molecule has 0 aromatic carbocycles. The molecule has 1 fully saturated rings. The van der Waals surface area contributed by atoms with Gasteiger partial charge in [-0.05, 0) is 54.0 Å². The molecule has 120 valence electrons. The van der Waals surface area contributed by atoms with Gasteiger partial charge in [0.25, 0.3) is 0 Å². The molecule has 20 heavy (non-hydrogen) atoms. The van der Waals surface area contributed by atoms with Gasteiger partial charge in [-0.15, -0.1) is 0 Å². The van der Waals surface area contributed by atoms with Crippen molar-refractivity contribution < 1.29 is 9.84 Å². The van der Waals surface area contributed by atoms with E-state index in [0.717, 1.165) is 39.0 Å². The average molecular weight is 286 g/mol. The second-order valence-electron chi connectivity index (χ2n) is 7.73. The summed E-state index contributed by atoms with van der Waals surface area (Å²) < 4.78 is 6.11. The van der Waals surface area contributed by atoms with Crippen molar-refractivity contribution in [1.82, 2.24) is 10.2 Å². The van der Waals surface area contributed by atoms with Gasteiger partial charge in [0, 0.05) is 25.2 Å². The van der Waals surface area contributed by atoms with Gasteiger partial charge in [0.05, 0.1) is 17.8 Å². The molecule has 0 amide bonds. The topological polar surface area (TPSA) is 44.7 Å². The van der Waals surface area contributed by atoms with Gasteiger partial charge in [-0.1, -0.05) is 6.92 Å². The Labute approximate surface area is 124 Å². The monoisotopic (exact) mass is 286 g/mol. The van der Waals surface area contributed by atoms with E-state index in [9.17, 15) is 5.11 Å². The first-order valence-corrected chi connectivity index (χ1v) is 7.90. The van der Waals surface area contributed by atoms with Gasteiger partial charge in [0.15, 0.2) is 0 Å². The molecule has 0 aromatic rings. The molecule has 4 heteroatoms. The van der Waals surface area contributed by atoms with Crippen LogP contribution in [-0.2, 0) is 4.74 Å².